The van der Waals surface area contributed by atoms with E-state index in [-0.39, 0.29) is 0 Å². The van der Waals surface area contributed by atoms with E-state index in [0.717, 1.165) is 23.4 Å². The molecular formula is C12H15NO. The first kappa shape index (κ1) is 9.25. The van der Waals surface area contributed by atoms with Gasteiger partial charge in [0.05, 0.1) is 0 Å². The van der Waals surface area contributed by atoms with Crippen LogP contribution in [0.4, 0.5) is 0 Å². The first-order valence-electron chi connectivity index (χ1n) is 5.15. The smallest absolute Gasteiger partial charge is 0.192 e. The molecule has 0 aliphatic heterocycles. The minimum atomic E-state index is 0.743. The number of aryl methyl sites for hydroxylation is 2. The third kappa shape index (κ3) is 1.79. The van der Waals surface area contributed by atoms with E-state index in [0.29, 0.717) is 0 Å². The van der Waals surface area contributed by atoms with Crippen molar-refractivity contribution in [2.45, 2.75) is 33.1 Å². The summed E-state index contributed by atoms with van der Waals surface area (Å²) < 4.78 is 5.48. The summed E-state index contributed by atoms with van der Waals surface area (Å²) in [6, 6.07) is 6.28. The monoisotopic (exact) mass is 189 g/mol. The van der Waals surface area contributed by atoms with Crippen molar-refractivity contribution in [3.05, 3.63) is 29.7 Å². The second-order valence-electron chi connectivity index (χ2n) is 3.64. The Morgan fingerprint density at radius 1 is 1.36 bits per heavy atom. The van der Waals surface area contributed by atoms with Crippen LogP contribution in [-0.2, 0) is 6.42 Å². The maximum Gasteiger partial charge on any atom is 0.192 e. The first-order chi connectivity index (χ1) is 6.79. The molecule has 2 aromatic rings. The number of aromatic nitrogens is 1. The first-order valence-corrected chi connectivity index (χ1v) is 5.15. The maximum absolute atomic E-state index is 5.48. The topological polar surface area (TPSA) is 26.0 Å². The van der Waals surface area contributed by atoms with Crippen molar-refractivity contribution in [2.24, 2.45) is 0 Å². The Morgan fingerprint density at radius 2 is 2.21 bits per heavy atom. The lowest BCUT2D eigenvalue weighted by atomic mass is 10.1. The number of rotatable bonds is 3. The number of nitrogens with zero attached hydrogens (tertiary/aromatic N) is 1. The summed E-state index contributed by atoms with van der Waals surface area (Å²) in [5, 5.41) is 0. The zero-order valence-electron chi connectivity index (χ0n) is 8.71. The lowest BCUT2D eigenvalue weighted by Crippen LogP contribution is -1.83. The zero-order valence-corrected chi connectivity index (χ0v) is 8.71. The van der Waals surface area contributed by atoms with Crippen LogP contribution in [0.15, 0.2) is 22.6 Å². The summed E-state index contributed by atoms with van der Waals surface area (Å²) in [6.07, 6.45) is 3.60. The molecule has 0 N–H and O–H groups in total. The van der Waals surface area contributed by atoms with Crippen molar-refractivity contribution in [1.29, 1.82) is 0 Å². The molecule has 2 rings (SSSR count). The number of benzene rings is 1. The van der Waals surface area contributed by atoms with E-state index in [1.165, 1.54) is 18.4 Å². The summed E-state index contributed by atoms with van der Waals surface area (Å²) in [4.78, 5) is 4.27. The van der Waals surface area contributed by atoms with Gasteiger partial charge >= 0.3 is 0 Å². The van der Waals surface area contributed by atoms with Crippen LogP contribution >= 0.6 is 0 Å². The van der Waals surface area contributed by atoms with Crippen molar-refractivity contribution in [3.8, 4) is 0 Å². The molecule has 0 bridgehead atoms. The molecular weight excluding hydrogens is 174 g/mol. The van der Waals surface area contributed by atoms with Crippen LogP contribution in [0.2, 0.25) is 0 Å². The molecule has 0 amide bonds. The number of fused-ring (bicyclic) bond motifs is 1. The molecule has 0 saturated carbocycles. The normalized spacial score (nSPS) is 11.0. The van der Waals surface area contributed by atoms with E-state index in [1.807, 2.05) is 13.0 Å². The highest BCUT2D eigenvalue weighted by Crippen LogP contribution is 2.17. The molecule has 1 aromatic carbocycles. The van der Waals surface area contributed by atoms with Crippen molar-refractivity contribution in [1.82, 2.24) is 4.98 Å². The van der Waals surface area contributed by atoms with Gasteiger partial charge < -0.3 is 4.42 Å². The van der Waals surface area contributed by atoms with Gasteiger partial charge in [0.25, 0.3) is 0 Å². The number of hydrogen-bond donors (Lipinski definition) is 0. The average Bonchev–Trinajstić information content (AvgIpc) is 2.54. The van der Waals surface area contributed by atoms with Crippen molar-refractivity contribution in [3.63, 3.8) is 0 Å². The Bertz CT molecular complexity index is 431. The Morgan fingerprint density at radius 3 is 3.00 bits per heavy atom. The van der Waals surface area contributed by atoms with E-state index < -0.39 is 0 Å². The molecule has 0 spiro atoms. The fourth-order valence-electron chi connectivity index (χ4n) is 1.62. The molecule has 14 heavy (non-hydrogen) atoms. The predicted octanol–water partition coefficient (Wildman–Crippen LogP) is 3.48. The Kier molecular flexibility index (Phi) is 2.53. The molecule has 0 unspecified atom stereocenters. The van der Waals surface area contributed by atoms with Gasteiger partial charge in [-0.3, -0.25) is 0 Å². The van der Waals surface area contributed by atoms with Gasteiger partial charge in [0, 0.05) is 6.92 Å². The fourth-order valence-corrected chi connectivity index (χ4v) is 1.62. The van der Waals surface area contributed by atoms with Crippen LogP contribution in [0.3, 0.4) is 0 Å². The quantitative estimate of drug-likeness (QED) is 0.738. The van der Waals surface area contributed by atoms with Gasteiger partial charge in [0.15, 0.2) is 11.5 Å². The van der Waals surface area contributed by atoms with Crippen molar-refractivity contribution >= 4 is 11.1 Å². The van der Waals surface area contributed by atoms with Crippen molar-refractivity contribution in [2.75, 3.05) is 0 Å². The third-order valence-electron chi connectivity index (χ3n) is 2.38. The van der Waals surface area contributed by atoms with E-state index in [4.69, 9.17) is 4.42 Å². The fraction of sp³-hybridized carbons (Fsp3) is 0.417. The van der Waals surface area contributed by atoms with Crippen LogP contribution in [-0.4, -0.2) is 4.98 Å². The standard InChI is InChI=1S/C12H15NO/c1-3-4-5-10-6-7-11-12(8-10)14-9(2)13-11/h6-8H,3-5H2,1-2H3. The average molecular weight is 189 g/mol. The molecule has 0 saturated heterocycles. The van der Waals surface area contributed by atoms with Crippen molar-refractivity contribution < 1.29 is 4.42 Å². The largest absolute Gasteiger partial charge is 0.441 e. The van der Waals surface area contributed by atoms with Gasteiger partial charge in [-0.15, -0.1) is 0 Å². The Hall–Kier alpha value is -1.31. The van der Waals surface area contributed by atoms with E-state index in [2.05, 4.69) is 24.0 Å². The summed E-state index contributed by atoms with van der Waals surface area (Å²) in [7, 11) is 0. The van der Waals surface area contributed by atoms with Gasteiger partial charge in [0.2, 0.25) is 0 Å². The van der Waals surface area contributed by atoms with E-state index in [9.17, 15) is 0 Å². The van der Waals surface area contributed by atoms with Gasteiger partial charge in [-0.25, -0.2) is 4.98 Å². The summed E-state index contributed by atoms with van der Waals surface area (Å²) in [5.41, 5.74) is 3.22. The maximum atomic E-state index is 5.48. The molecule has 0 aliphatic carbocycles. The minimum absolute atomic E-state index is 0.743. The second-order valence-corrected chi connectivity index (χ2v) is 3.64. The molecule has 2 nitrogen and oxygen atoms in total. The predicted molar refractivity (Wildman–Crippen MR) is 57.4 cm³/mol. The third-order valence-corrected chi connectivity index (χ3v) is 2.38. The SMILES string of the molecule is CCCCc1ccc2nc(C)oc2c1. The minimum Gasteiger partial charge on any atom is -0.441 e. The van der Waals surface area contributed by atoms with Gasteiger partial charge in [-0.05, 0) is 30.5 Å². The highest BCUT2D eigenvalue weighted by Gasteiger charge is 2.02. The Labute approximate surface area is 84.0 Å². The van der Waals surface area contributed by atoms with Crippen LogP contribution in [0.25, 0.3) is 11.1 Å². The molecule has 1 aromatic heterocycles. The van der Waals surface area contributed by atoms with Crippen LogP contribution in [0, 0.1) is 6.92 Å². The highest BCUT2D eigenvalue weighted by atomic mass is 16.3. The second kappa shape index (κ2) is 3.82. The highest BCUT2D eigenvalue weighted by molar-refractivity contribution is 5.73. The zero-order chi connectivity index (χ0) is 9.97. The summed E-state index contributed by atoms with van der Waals surface area (Å²) in [5.74, 6) is 0.743. The molecule has 1 heterocycles. The lowest BCUT2D eigenvalue weighted by molar-refractivity contribution is 0.560. The van der Waals surface area contributed by atoms with Gasteiger partial charge in [0.1, 0.15) is 5.52 Å². The molecule has 0 fully saturated rings. The summed E-state index contributed by atoms with van der Waals surface area (Å²) >= 11 is 0. The van der Waals surface area contributed by atoms with Crippen LogP contribution < -0.4 is 0 Å². The van der Waals surface area contributed by atoms with E-state index >= 15 is 0 Å². The van der Waals surface area contributed by atoms with Gasteiger partial charge in [-0.2, -0.15) is 0 Å². The van der Waals surface area contributed by atoms with Crippen LogP contribution in [0.1, 0.15) is 31.2 Å². The lowest BCUT2D eigenvalue weighted by Gasteiger charge is -1.97. The Balaban J connectivity index is 2.31. The molecule has 0 aliphatic rings. The number of hydrogen-bond acceptors (Lipinski definition) is 2. The number of unbranched alkanes of at least 4 members (excludes halogenated alkanes) is 1. The van der Waals surface area contributed by atoms with E-state index in [1.54, 1.807) is 0 Å². The van der Waals surface area contributed by atoms with Crippen LogP contribution in [0.5, 0.6) is 0 Å². The summed E-state index contributed by atoms with van der Waals surface area (Å²) in [6.45, 7) is 4.09. The molecule has 0 atom stereocenters. The molecule has 74 valence electrons. The number of oxazole rings is 1. The van der Waals surface area contributed by atoms with Gasteiger partial charge in [-0.1, -0.05) is 19.4 Å². The molecule has 0 radical (unpaired) electrons. The molecule has 2 heteroatoms.